The van der Waals surface area contributed by atoms with Crippen LogP contribution in [0.5, 0.6) is 11.5 Å². The fourth-order valence-electron chi connectivity index (χ4n) is 3.49. The monoisotopic (exact) mass is 389 g/mol. The molecule has 0 atom stereocenters. The fourth-order valence-corrected chi connectivity index (χ4v) is 3.49. The van der Waals surface area contributed by atoms with Crippen LogP contribution in [0.3, 0.4) is 0 Å². The highest BCUT2D eigenvalue weighted by Gasteiger charge is 2.21. The van der Waals surface area contributed by atoms with E-state index in [1.165, 1.54) is 5.56 Å². The van der Waals surface area contributed by atoms with Gasteiger partial charge in [-0.15, -0.1) is 0 Å². The molecular formula is C23H23N3O3. The largest absolute Gasteiger partial charge is 0.493 e. The van der Waals surface area contributed by atoms with E-state index in [0.29, 0.717) is 18.8 Å². The minimum atomic E-state index is -0.0158. The molecule has 0 saturated heterocycles. The van der Waals surface area contributed by atoms with Crippen LogP contribution in [0.1, 0.15) is 16.7 Å². The average molecular weight is 389 g/mol. The third kappa shape index (κ3) is 4.01. The Morgan fingerprint density at radius 1 is 1.07 bits per heavy atom. The molecule has 29 heavy (non-hydrogen) atoms. The summed E-state index contributed by atoms with van der Waals surface area (Å²) in [6, 6.07) is 13.8. The molecule has 1 aromatic heterocycles. The number of aromatic nitrogens is 2. The maximum Gasteiger partial charge on any atom is 0.246 e. The first-order chi connectivity index (χ1) is 14.2. The van der Waals surface area contributed by atoms with Gasteiger partial charge in [-0.05, 0) is 47.9 Å². The molecule has 0 N–H and O–H groups in total. The normalized spacial score (nSPS) is 13.4. The Labute approximate surface area is 170 Å². The summed E-state index contributed by atoms with van der Waals surface area (Å²) in [5.74, 6) is 1.39. The Kier molecular flexibility index (Phi) is 5.33. The van der Waals surface area contributed by atoms with E-state index in [0.717, 1.165) is 29.0 Å². The number of ether oxygens (including phenoxy) is 2. The zero-order chi connectivity index (χ0) is 20.2. The van der Waals surface area contributed by atoms with Crippen LogP contribution in [0.25, 0.3) is 11.8 Å². The molecule has 6 heteroatoms. The smallest absolute Gasteiger partial charge is 0.246 e. The van der Waals surface area contributed by atoms with E-state index in [4.69, 9.17) is 9.47 Å². The molecule has 4 rings (SSSR count). The van der Waals surface area contributed by atoms with E-state index in [1.54, 1.807) is 37.3 Å². The first-order valence-corrected chi connectivity index (χ1v) is 9.49. The lowest BCUT2D eigenvalue weighted by Crippen LogP contribution is -2.34. The van der Waals surface area contributed by atoms with Crippen molar-refractivity contribution < 1.29 is 14.3 Å². The van der Waals surface area contributed by atoms with Crippen molar-refractivity contribution in [3.8, 4) is 17.2 Å². The highest BCUT2D eigenvalue weighted by atomic mass is 16.5. The van der Waals surface area contributed by atoms with Crippen LogP contribution in [0.2, 0.25) is 0 Å². The number of rotatable bonds is 5. The quantitative estimate of drug-likeness (QED) is 0.627. The minimum absolute atomic E-state index is 0.0158. The van der Waals surface area contributed by atoms with Crippen LogP contribution in [0, 0.1) is 0 Å². The number of fused-ring (bicyclic) bond motifs is 1. The molecule has 2 heterocycles. The van der Waals surface area contributed by atoms with Gasteiger partial charge < -0.3 is 14.4 Å². The molecular weight excluding hydrogens is 366 g/mol. The second kappa shape index (κ2) is 8.22. The van der Waals surface area contributed by atoms with Crippen molar-refractivity contribution in [3.05, 3.63) is 77.6 Å². The van der Waals surface area contributed by atoms with Crippen molar-refractivity contribution >= 4 is 12.0 Å². The molecule has 0 unspecified atom stereocenters. The first-order valence-electron chi connectivity index (χ1n) is 9.49. The van der Waals surface area contributed by atoms with Gasteiger partial charge in [0.2, 0.25) is 5.91 Å². The second-order valence-electron chi connectivity index (χ2n) is 6.87. The lowest BCUT2D eigenvalue weighted by Gasteiger charge is -2.28. The van der Waals surface area contributed by atoms with Crippen molar-refractivity contribution in [3.63, 3.8) is 0 Å². The van der Waals surface area contributed by atoms with Gasteiger partial charge in [-0.3, -0.25) is 4.79 Å². The standard InChI is InChI=1S/C23H23N3O3/c1-28-21-12-18-10-11-25(16-19(18)13-22(21)29-2)23(27)9-8-17-14-24-26(15-17)20-6-4-3-5-7-20/h3-9,12-15H,10-11,16H2,1-2H3/b9-8+. The molecule has 3 aromatic rings. The molecule has 2 aromatic carbocycles. The first kappa shape index (κ1) is 18.8. The fraction of sp³-hybridized carbons (Fsp3) is 0.217. The molecule has 1 aliphatic heterocycles. The maximum absolute atomic E-state index is 12.7. The van der Waals surface area contributed by atoms with Gasteiger partial charge in [0.1, 0.15) is 0 Å². The summed E-state index contributed by atoms with van der Waals surface area (Å²) in [5, 5.41) is 4.36. The summed E-state index contributed by atoms with van der Waals surface area (Å²) < 4.78 is 12.6. The lowest BCUT2D eigenvalue weighted by molar-refractivity contribution is -0.126. The number of nitrogens with zero attached hydrogens (tertiary/aromatic N) is 3. The Bertz CT molecular complexity index is 1040. The van der Waals surface area contributed by atoms with Gasteiger partial charge in [-0.25, -0.2) is 4.68 Å². The topological polar surface area (TPSA) is 56.6 Å². The number of para-hydroxylation sites is 1. The van der Waals surface area contributed by atoms with E-state index in [-0.39, 0.29) is 5.91 Å². The van der Waals surface area contributed by atoms with Crippen molar-refractivity contribution in [1.29, 1.82) is 0 Å². The summed E-state index contributed by atoms with van der Waals surface area (Å²) in [5.41, 5.74) is 4.15. The van der Waals surface area contributed by atoms with Crippen LogP contribution < -0.4 is 9.47 Å². The third-order valence-corrected chi connectivity index (χ3v) is 5.07. The van der Waals surface area contributed by atoms with Gasteiger partial charge in [0.15, 0.2) is 11.5 Å². The molecule has 0 saturated carbocycles. The minimum Gasteiger partial charge on any atom is -0.493 e. The van der Waals surface area contributed by atoms with Gasteiger partial charge in [-0.1, -0.05) is 18.2 Å². The Hall–Kier alpha value is -3.54. The zero-order valence-corrected chi connectivity index (χ0v) is 16.5. The molecule has 148 valence electrons. The molecule has 6 nitrogen and oxygen atoms in total. The van der Waals surface area contributed by atoms with Crippen molar-refractivity contribution in [2.45, 2.75) is 13.0 Å². The number of amides is 1. The van der Waals surface area contributed by atoms with Gasteiger partial charge in [0, 0.05) is 30.9 Å². The van der Waals surface area contributed by atoms with Crippen LogP contribution in [-0.2, 0) is 17.8 Å². The SMILES string of the molecule is COc1cc2c(cc1OC)CN(C(=O)/C=C/c1cnn(-c3ccccc3)c1)CC2. The lowest BCUT2D eigenvalue weighted by atomic mass is 9.98. The van der Waals surface area contributed by atoms with E-state index in [1.807, 2.05) is 53.6 Å². The van der Waals surface area contributed by atoms with Crippen LogP contribution in [-0.4, -0.2) is 41.4 Å². The van der Waals surface area contributed by atoms with Crippen LogP contribution >= 0.6 is 0 Å². The number of carbonyl (C=O) groups is 1. The zero-order valence-electron chi connectivity index (χ0n) is 16.5. The average Bonchev–Trinajstić information content (AvgIpc) is 3.25. The van der Waals surface area contributed by atoms with E-state index < -0.39 is 0 Å². The van der Waals surface area contributed by atoms with Crippen LogP contribution in [0.15, 0.2) is 60.9 Å². The molecule has 0 spiro atoms. The highest BCUT2D eigenvalue weighted by molar-refractivity contribution is 5.91. The molecule has 1 amide bonds. The number of carbonyl (C=O) groups excluding carboxylic acids is 1. The summed E-state index contributed by atoms with van der Waals surface area (Å²) in [6.07, 6.45) is 7.86. The predicted octanol–water partition coefficient (Wildman–Crippen LogP) is 3.49. The van der Waals surface area contributed by atoms with E-state index in [2.05, 4.69) is 5.10 Å². The summed E-state index contributed by atoms with van der Waals surface area (Å²) >= 11 is 0. The number of hydrogen-bond acceptors (Lipinski definition) is 4. The number of methoxy groups -OCH3 is 2. The van der Waals surface area contributed by atoms with Gasteiger partial charge in [-0.2, -0.15) is 5.10 Å². The predicted molar refractivity (Wildman–Crippen MR) is 111 cm³/mol. The summed E-state index contributed by atoms with van der Waals surface area (Å²) in [7, 11) is 3.25. The molecule has 0 bridgehead atoms. The Balaban J connectivity index is 1.45. The van der Waals surface area contributed by atoms with E-state index >= 15 is 0 Å². The van der Waals surface area contributed by atoms with Gasteiger partial charge in [0.25, 0.3) is 0 Å². The highest BCUT2D eigenvalue weighted by Crippen LogP contribution is 2.33. The summed E-state index contributed by atoms with van der Waals surface area (Å²) in [4.78, 5) is 14.5. The third-order valence-electron chi connectivity index (χ3n) is 5.07. The van der Waals surface area contributed by atoms with Crippen molar-refractivity contribution in [1.82, 2.24) is 14.7 Å². The van der Waals surface area contributed by atoms with Gasteiger partial charge in [0.05, 0.1) is 26.1 Å². The van der Waals surface area contributed by atoms with Gasteiger partial charge >= 0.3 is 0 Å². The molecule has 0 fully saturated rings. The van der Waals surface area contributed by atoms with E-state index in [9.17, 15) is 4.79 Å². The Morgan fingerprint density at radius 3 is 2.52 bits per heavy atom. The molecule has 0 aliphatic carbocycles. The molecule has 0 radical (unpaired) electrons. The van der Waals surface area contributed by atoms with Crippen molar-refractivity contribution in [2.24, 2.45) is 0 Å². The second-order valence-corrected chi connectivity index (χ2v) is 6.87. The number of benzene rings is 2. The number of hydrogen-bond donors (Lipinski definition) is 0. The Morgan fingerprint density at radius 2 is 1.79 bits per heavy atom. The van der Waals surface area contributed by atoms with Crippen molar-refractivity contribution in [2.75, 3.05) is 20.8 Å². The van der Waals surface area contributed by atoms with Crippen LogP contribution in [0.4, 0.5) is 0 Å². The maximum atomic E-state index is 12.7. The summed E-state index contributed by atoms with van der Waals surface area (Å²) in [6.45, 7) is 1.23. The molecule has 1 aliphatic rings.